The van der Waals surface area contributed by atoms with Crippen LogP contribution in [-0.4, -0.2) is 5.54 Å². The quantitative estimate of drug-likeness (QED) is 0.772. The summed E-state index contributed by atoms with van der Waals surface area (Å²) in [5.74, 6) is 0. The highest BCUT2D eigenvalue weighted by atomic mass is 32.2. The minimum Gasteiger partial charge on any atom is -0.360 e. The third kappa shape index (κ3) is 5.24. The van der Waals surface area contributed by atoms with Gasteiger partial charge in [-0.1, -0.05) is 12.6 Å². The third-order valence-electron chi connectivity index (χ3n) is 1.67. The van der Waals surface area contributed by atoms with Gasteiger partial charge >= 0.3 is 0 Å². The lowest BCUT2D eigenvalue weighted by Gasteiger charge is -2.19. The fraction of sp³-hybridized carbons (Fsp3) is 0.385. The van der Waals surface area contributed by atoms with E-state index in [-0.39, 0.29) is 5.54 Å². The van der Waals surface area contributed by atoms with Gasteiger partial charge in [0.1, 0.15) is 0 Å². The molecule has 1 aromatic carbocycles. The molecule has 0 unspecified atom stereocenters. The Labute approximate surface area is 103 Å². The summed E-state index contributed by atoms with van der Waals surface area (Å²) in [6, 6.07) is 8.28. The van der Waals surface area contributed by atoms with Gasteiger partial charge in [-0.25, -0.2) is 0 Å². The largest absolute Gasteiger partial charge is 0.360 e. The first-order valence-electron chi connectivity index (χ1n) is 5.33. The Balaban J connectivity index is 2.64. The van der Waals surface area contributed by atoms with Gasteiger partial charge < -0.3 is 5.32 Å². The van der Waals surface area contributed by atoms with Gasteiger partial charge in [-0.05, 0) is 57.8 Å². The first-order valence-corrected chi connectivity index (χ1v) is 6.15. The van der Waals surface area contributed by atoms with E-state index >= 15 is 0 Å². The van der Waals surface area contributed by atoms with Crippen LogP contribution in [0.2, 0.25) is 0 Å². The first kappa shape index (κ1) is 13.1. The second-order valence-electron chi connectivity index (χ2n) is 4.89. The van der Waals surface area contributed by atoms with Crippen molar-refractivity contribution in [2.45, 2.75) is 38.1 Å². The van der Waals surface area contributed by atoms with E-state index in [1.807, 2.05) is 19.1 Å². The molecule has 0 aliphatic rings. The number of hydrogen-bond donors (Lipinski definition) is 2. The molecular formula is C13H20N2S. The van der Waals surface area contributed by atoms with Crippen LogP contribution in [0.1, 0.15) is 27.7 Å². The van der Waals surface area contributed by atoms with Gasteiger partial charge in [0.05, 0.1) is 0 Å². The average Bonchev–Trinajstić information content (AvgIpc) is 2.13. The maximum atomic E-state index is 3.83. The van der Waals surface area contributed by atoms with Crippen molar-refractivity contribution < 1.29 is 0 Å². The van der Waals surface area contributed by atoms with E-state index in [1.165, 1.54) is 4.90 Å². The van der Waals surface area contributed by atoms with Crippen molar-refractivity contribution in [2.24, 2.45) is 0 Å². The maximum absolute atomic E-state index is 3.83. The zero-order valence-electron chi connectivity index (χ0n) is 10.4. The molecule has 2 nitrogen and oxygen atoms in total. The van der Waals surface area contributed by atoms with Gasteiger partial charge in [-0.3, -0.25) is 4.72 Å². The lowest BCUT2D eigenvalue weighted by atomic mass is 10.1. The van der Waals surface area contributed by atoms with E-state index in [4.69, 9.17) is 0 Å². The zero-order chi connectivity index (χ0) is 12.2. The molecule has 0 amide bonds. The molecule has 88 valence electrons. The molecule has 0 fully saturated rings. The smallest absolute Gasteiger partial charge is 0.0393 e. The van der Waals surface area contributed by atoms with Crippen LogP contribution in [0.15, 0.2) is 41.4 Å². The highest BCUT2D eigenvalue weighted by Crippen LogP contribution is 2.22. The van der Waals surface area contributed by atoms with Crippen molar-refractivity contribution in [3.05, 3.63) is 36.5 Å². The summed E-state index contributed by atoms with van der Waals surface area (Å²) in [5.41, 5.74) is 2.14. The molecule has 3 heteroatoms. The minimum atomic E-state index is 0.114. The van der Waals surface area contributed by atoms with E-state index < -0.39 is 0 Å². The fourth-order valence-electron chi connectivity index (χ4n) is 1.10. The third-order valence-corrected chi connectivity index (χ3v) is 2.87. The normalized spacial score (nSPS) is 11.2. The van der Waals surface area contributed by atoms with E-state index in [9.17, 15) is 0 Å². The van der Waals surface area contributed by atoms with E-state index in [0.29, 0.717) is 0 Å². The van der Waals surface area contributed by atoms with Gasteiger partial charge in [0.15, 0.2) is 0 Å². The molecule has 0 heterocycles. The van der Waals surface area contributed by atoms with Crippen molar-refractivity contribution in [1.29, 1.82) is 0 Å². The summed E-state index contributed by atoms with van der Waals surface area (Å²) < 4.78 is 3.39. The summed E-state index contributed by atoms with van der Waals surface area (Å²) in [6.07, 6.45) is 0. The summed E-state index contributed by atoms with van der Waals surface area (Å²) in [5, 5.41) is 3.21. The Bertz CT molecular complexity index is 366. The molecule has 0 saturated carbocycles. The summed E-state index contributed by atoms with van der Waals surface area (Å²) in [7, 11) is 0. The summed E-state index contributed by atoms with van der Waals surface area (Å²) >= 11 is 1.65. The fourth-order valence-corrected chi connectivity index (χ4v) is 1.85. The number of allylic oxidation sites excluding steroid dienone is 1. The second-order valence-corrected chi connectivity index (χ2v) is 5.77. The standard InChI is InChI=1S/C13H20N2S/c1-10(2)14-11-7-6-8-12(9-11)16-15-13(3,4)5/h6-9,14-15H,1H2,2-5H3. The molecule has 0 atom stereocenters. The van der Waals surface area contributed by atoms with Crippen LogP contribution in [0.5, 0.6) is 0 Å². The van der Waals surface area contributed by atoms with Crippen molar-refractivity contribution in [2.75, 3.05) is 5.32 Å². The number of benzene rings is 1. The maximum Gasteiger partial charge on any atom is 0.0393 e. The number of hydrogen-bond acceptors (Lipinski definition) is 3. The monoisotopic (exact) mass is 236 g/mol. The molecule has 0 bridgehead atoms. The Morgan fingerprint density at radius 1 is 1.31 bits per heavy atom. The van der Waals surface area contributed by atoms with Crippen LogP contribution in [0, 0.1) is 0 Å². The van der Waals surface area contributed by atoms with Gasteiger partial charge in [0.25, 0.3) is 0 Å². The molecule has 2 N–H and O–H groups in total. The van der Waals surface area contributed by atoms with Crippen LogP contribution in [0.4, 0.5) is 5.69 Å². The highest BCUT2D eigenvalue weighted by molar-refractivity contribution is 7.97. The van der Waals surface area contributed by atoms with Crippen molar-refractivity contribution in [3.8, 4) is 0 Å². The van der Waals surface area contributed by atoms with Crippen LogP contribution >= 0.6 is 11.9 Å². The molecule has 1 rings (SSSR count). The molecule has 0 aliphatic heterocycles. The number of rotatable bonds is 4. The van der Waals surface area contributed by atoms with Crippen LogP contribution < -0.4 is 10.0 Å². The van der Waals surface area contributed by atoms with E-state index in [2.05, 4.69) is 49.5 Å². The summed E-state index contributed by atoms with van der Waals surface area (Å²) in [6.45, 7) is 12.2. The van der Waals surface area contributed by atoms with Crippen LogP contribution in [0.3, 0.4) is 0 Å². The number of nitrogens with one attached hydrogen (secondary N) is 2. The molecule has 1 aromatic rings. The Hall–Kier alpha value is -0.930. The Morgan fingerprint density at radius 3 is 2.56 bits per heavy atom. The van der Waals surface area contributed by atoms with Gasteiger partial charge in [-0.15, -0.1) is 0 Å². The molecular weight excluding hydrogens is 216 g/mol. The lowest BCUT2D eigenvalue weighted by Crippen LogP contribution is -2.29. The lowest BCUT2D eigenvalue weighted by molar-refractivity contribution is 0.535. The predicted molar refractivity (Wildman–Crippen MR) is 73.6 cm³/mol. The topological polar surface area (TPSA) is 24.1 Å². The van der Waals surface area contributed by atoms with Crippen LogP contribution in [-0.2, 0) is 0 Å². The van der Waals surface area contributed by atoms with Crippen LogP contribution in [0.25, 0.3) is 0 Å². The second kappa shape index (κ2) is 5.41. The van der Waals surface area contributed by atoms with E-state index in [1.54, 1.807) is 11.9 Å². The van der Waals surface area contributed by atoms with Crippen molar-refractivity contribution >= 4 is 17.6 Å². The van der Waals surface area contributed by atoms with Gasteiger partial charge in [-0.2, -0.15) is 0 Å². The van der Waals surface area contributed by atoms with E-state index in [0.717, 1.165) is 11.4 Å². The SMILES string of the molecule is C=C(C)Nc1cccc(SNC(C)(C)C)c1. The highest BCUT2D eigenvalue weighted by Gasteiger charge is 2.09. The van der Waals surface area contributed by atoms with Gasteiger partial charge in [0.2, 0.25) is 0 Å². The Kier molecular flexibility index (Phi) is 4.44. The average molecular weight is 236 g/mol. The predicted octanol–water partition coefficient (Wildman–Crippen LogP) is 4.03. The molecule has 0 aliphatic carbocycles. The van der Waals surface area contributed by atoms with Crippen molar-refractivity contribution in [3.63, 3.8) is 0 Å². The summed E-state index contributed by atoms with van der Waals surface area (Å²) in [4.78, 5) is 1.20. The minimum absolute atomic E-state index is 0.114. The molecule has 0 spiro atoms. The number of anilines is 1. The molecule has 16 heavy (non-hydrogen) atoms. The molecule has 0 saturated heterocycles. The Morgan fingerprint density at radius 2 is 2.00 bits per heavy atom. The van der Waals surface area contributed by atoms with Gasteiger partial charge in [0, 0.05) is 21.8 Å². The zero-order valence-corrected chi connectivity index (χ0v) is 11.2. The van der Waals surface area contributed by atoms with Crippen molar-refractivity contribution in [1.82, 2.24) is 4.72 Å². The molecule has 0 radical (unpaired) electrons. The first-order chi connectivity index (χ1) is 7.37. The molecule has 0 aromatic heterocycles.